The first kappa shape index (κ1) is 24.9. The van der Waals surface area contributed by atoms with Crippen LogP contribution in [-0.4, -0.2) is 76.8 Å². The van der Waals surface area contributed by atoms with Gasteiger partial charge in [0.05, 0.1) is 34.1 Å². The third kappa shape index (κ3) is 5.50. The zero-order chi connectivity index (χ0) is 26.0. The number of fused-ring (bicyclic) bond motifs is 1. The summed E-state index contributed by atoms with van der Waals surface area (Å²) in [7, 11) is 2.10. The Morgan fingerprint density at radius 3 is 2.38 bits per heavy atom. The molecule has 0 spiro atoms. The number of carbonyl (C=O) groups excluding carboxylic acids is 1. The van der Waals surface area contributed by atoms with Crippen LogP contribution in [-0.2, 0) is 6.18 Å². The number of benzene rings is 2. The summed E-state index contributed by atoms with van der Waals surface area (Å²) in [5.41, 5.74) is 1.88. The van der Waals surface area contributed by atoms with E-state index in [0.29, 0.717) is 34.5 Å². The van der Waals surface area contributed by atoms with Gasteiger partial charge in [-0.15, -0.1) is 0 Å². The lowest BCUT2D eigenvalue weighted by molar-refractivity contribution is -0.137. The zero-order valence-electron chi connectivity index (χ0n) is 20.4. The van der Waals surface area contributed by atoms with Crippen molar-refractivity contribution in [2.24, 2.45) is 0 Å². The molecule has 5 rings (SSSR count). The SMILES string of the molecule is CN1CCN(CCNC(=O)c2cc(-c3ccccc3)nc3c2cnn3-c2ccc(C(F)(F)F)cc2)CC1. The van der Waals surface area contributed by atoms with Crippen molar-refractivity contribution in [1.29, 1.82) is 0 Å². The van der Waals surface area contributed by atoms with E-state index in [1.165, 1.54) is 23.0 Å². The summed E-state index contributed by atoms with van der Waals surface area (Å²) >= 11 is 0. The molecule has 10 heteroatoms. The number of hydrogen-bond acceptors (Lipinski definition) is 5. The number of aromatic nitrogens is 3. The van der Waals surface area contributed by atoms with Gasteiger partial charge in [-0.05, 0) is 37.4 Å². The van der Waals surface area contributed by atoms with Gasteiger partial charge >= 0.3 is 6.18 Å². The third-order valence-electron chi connectivity index (χ3n) is 6.60. The number of halogens is 3. The summed E-state index contributed by atoms with van der Waals surface area (Å²) in [4.78, 5) is 22.7. The normalized spacial score (nSPS) is 15.2. The number of pyridine rings is 1. The zero-order valence-corrected chi connectivity index (χ0v) is 20.4. The van der Waals surface area contributed by atoms with Crippen LogP contribution in [0.25, 0.3) is 28.0 Å². The lowest BCUT2D eigenvalue weighted by atomic mass is 10.1. The molecule has 3 heterocycles. The van der Waals surface area contributed by atoms with Gasteiger partial charge < -0.3 is 10.2 Å². The number of rotatable bonds is 6. The minimum Gasteiger partial charge on any atom is -0.351 e. The number of amides is 1. The molecule has 2 aromatic carbocycles. The second-order valence-corrected chi connectivity index (χ2v) is 9.16. The second-order valence-electron chi connectivity index (χ2n) is 9.16. The molecule has 1 aliphatic rings. The van der Waals surface area contributed by atoms with Crippen molar-refractivity contribution in [3.05, 3.63) is 78.0 Å². The summed E-state index contributed by atoms with van der Waals surface area (Å²) < 4.78 is 40.6. The van der Waals surface area contributed by atoms with Crippen LogP contribution in [0.5, 0.6) is 0 Å². The number of nitrogens with zero attached hydrogens (tertiary/aromatic N) is 5. The molecule has 2 aromatic heterocycles. The summed E-state index contributed by atoms with van der Waals surface area (Å²) in [6.07, 6.45) is -2.90. The van der Waals surface area contributed by atoms with Gasteiger partial charge in [-0.25, -0.2) is 9.67 Å². The fourth-order valence-corrected chi connectivity index (χ4v) is 4.42. The van der Waals surface area contributed by atoms with E-state index < -0.39 is 11.7 Å². The smallest absolute Gasteiger partial charge is 0.351 e. The standard InChI is InChI=1S/C27H27F3N6O/c1-34-13-15-35(16-14-34)12-11-31-26(37)22-17-24(19-5-3-2-4-6-19)33-25-23(22)18-32-36(25)21-9-7-20(8-10-21)27(28,29)30/h2-10,17-18H,11-16H2,1H3,(H,31,37). The fourth-order valence-electron chi connectivity index (χ4n) is 4.42. The van der Waals surface area contributed by atoms with Crippen molar-refractivity contribution in [2.45, 2.75) is 6.18 Å². The van der Waals surface area contributed by atoms with Gasteiger partial charge in [0.1, 0.15) is 0 Å². The fraction of sp³-hybridized carbons (Fsp3) is 0.296. The largest absolute Gasteiger partial charge is 0.416 e. The van der Waals surface area contributed by atoms with Crippen molar-refractivity contribution in [1.82, 2.24) is 29.9 Å². The van der Waals surface area contributed by atoms with E-state index in [1.54, 1.807) is 6.07 Å². The van der Waals surface area contributed by atoms with E-state index in [2.05, 4.69) is 27.3 Å². The molecule has 0 bridgehead atoms. The molecule has 1 fully saturated rings. The number of nitrogens with one attached hydrogen (secondary N) is 1. The maximum atomic E-state index is 13.3. The van der Waals surface area contributed by atoms with Crippen LogP contribution in [0.4, 0.5) is 13.2 Å². The first-order valence-corrected chi connectivity index (χ1v) is 12.1. The Morgan fingerprint density at radius 1 is 1.00 bits per heavy atom. The number of hydrogen-bond donors (Lipinski definition) is 1. The molecule has 0 unspecified atom stereocenters. The molecule has 37 heavy (non-hydrogen) atoms. The quantitative estimate of drug-likeness (QED) is 0.425. The van der Waals surface area contributed by atoms with Gasteiger partial charge in [-0.1, -0.05) is 30.3 Å². The molecule has 0 aliphatic carbocycles. The van der Waals surface area contributed by atoms with Crippen LogP contribution in [0.3, 0.4) is 0 Å². The highest BCUT2D eigenvalue weighted by Gasteiger charge is 2.30. The van der Waals surface area contributed by atoms with Gasteiger partial charge in [0.25, 0.3) is 5.91 Å². The van der Waals surface area contributed by atoms with E-state index in [0.717, 1.165) is 50.4 Å². The Bertz CT molecular complexity index is 1380. The molecule has 192 valence electrons. The first-order chi connectivity index (χ1) is 17.8. The summed E-state index contributed by atoms with van der Waals surface area (Å²) in [6.45, 7) is 5.18. The van der Waals surface area contributed by atoms with Crippen LogP contribution in [0.1, 0.15) is 15.9 Å². The van der Waals surface area contributed by atoms with E-state index in [1.807, 2.05) is 30.3 Å². The van der Waals surface area contributed by atoms with Crippen LogP contribution in [0.15, 0.2) is 66.9 Å². The Hall–Kier alpha value is -3.76. The van der Waals surface area contributed by atoms with E-state index in [-0.39, 0.29) is 5.91 Å². The van der Waals surface area contributed by atoms with Crippen molar-refractivity contribution in [3.63, 3.8) is 0 Å². The topological polar surface area (TPSA) is 66.3 Å². The van der Waals surface area contributed by atoms with Crippen molar-refractivity contribution < 1.29 is 18.0 Å². The predicted octanol–water partition coefficient (Wildman–Crippen LogP) is 4.08. The molecular formula is C27H27F3N6O. The molecule has 0 atom stereocenters. The monoisotopic (exact) mass is 508 g/mol. The van der Waals surface area contributed by atoms with Gasteiger partial charge in [-0.3, -0.25) is 9.69 Å². The summed E-state index contributed by atoms with van der Waals surface area (Å²) in [5.74, 6) is -0.245. The average Bonchev–Trinajstić information content (AvgIpc) is 3.33. The number of likely N-dealkylation sites (N-methyl/N-ethyl adjacent to an activating group) is 1. The van der Waals surface area contributed by atoms with Gasteiger partial charge in [-0.2, -0.15) is 18.3 Å². The molecule has 1 N–H and O–H groups in total. The minimum atomic E-state index is -4.43. The molecule has 1 amide bonds. The highest BCUT2D eigenvalue weighted by Crippen LogP contribution is 2.31. The highest BCUT2D eigenvalue weighted by atomic mass is 19.4. The lowest BCUT2D eigenvalue weighted by Gasteiger charge is -2.32. The Kier molecular flexibility index (Phi) is 6.94. The Morgan fingerprint density at radius 2 is 1.70 bits per heavy atom. The average molecular weight is 509 g/mol. The Balaban J connectivity index is 1.46. The van der Waals surface area contributed by atoms with E-state index >= 15 is 0 Å². The summed E-state index contributed by atoms with van der Waals surface area (Å²) in [6, 6.07) is 15.9. The van der Waals surface area contributed by atoms with Crippen molar-refractivity contribution in [2.75, 3.05) is 46.3 Å². The van der Waals surface area contributed by atoms with Gasteiger partial charge in [0, 0.05) is 44.8 Å². The maximum absolute atomic E-state index is 13.3. The molecule has 0 radical (unpaired) electrons. The van der Waals surface area contributed by atoms with E-state index in [4.69, 9.17) is 4.98 Å². The Labute approximate surface area is 212 Å². The molecule has 0 saturated carbocycles. The second kappa shape index (κ2) is 10.3. The molecular weight excluding hydrogens is 481 g/mol. The predicted molar refractivity (Wildman–Crippen MR) is 136 cm³/mol. The highest BCUT2D eigenvalue weighted by molar-refractivity contribution is 6.06. The van der Waals surface area contributed by atoms with Crippen LogP contribution in [0, 0.1) is 0 Å². The van der Waals surface area contributed by atoms with Crippen molar-refractivity contribution >= 4 is 16.9 Å². The molecule has 1 aliphatic heterocycles. The number of carbonyl (C=O) groups is 1. The molecule has 7 nitrogen and oxygen atoms in total. The van der Waals surface area contributed by atoms with Crippen molar-refractivity contribution in [3.8, 4) is 16.9 Å². The third-order valence-corrected chi connectivity index (χ3v) is 6.60. The van der Waals surface area contributed by atoms with Gasteiger partial charge in [0.2, 0.25) is 0 Å². The first-order valence-electron chi connectivity index (χ1n) is 12.1. The molecule has 4 aromatic rings. The molecule has 1 saturated heterocycles. The van der Waals surface area contributed by atoms with Crippen LogP contribution < -0.4 is 5.32 Å². The number of piperazine rings is 1. The van der Waals surface area contributed by atoms with Crippen LogP contribution in [0.2, 0.25) is 0 Å². The van der Waals surface area contributed by atoms with Gasteiger partial charge in [0.15, 0.2) is 5.65 Å². The summed E-state index contributed by atoms with van der Waals surface area (Å²) in [5, 5.41) is 7.92. The van der Waals surface area contributed by atoms with Crippen LogP contribution >= 0.6 is 0 Å². The number of alkyl halides is 3. The van der Waals surface area contributed by atoms with E-state index in [9.17, 15) is 18.0 Å². The lowest BCUT2D eigenvalue weighted by Crippen LogP contribution is -2.46. The maximum Gasteiger partial charge on any atom is 0.416 e. The minimum absolute atomic E-state index is 0.245.